The quantitative estimate of drug-likeness (QED) is 0.857. The van der Waals surface area contributed by atoms with Crippen LogP contribution in [0.15, 0.2) is 54.9 Å². The normalized spacial score (nSPS) is 27.6. The highest BCUT2D eigenvalue weighted by molar-refractivity contribution is 5.18. The Labute approximate surface area is 167 Å². The molecule has 1 spiro atoms. The molecule has 3 fully saturated rings. The third kappa shape index (κ3) is 3.60. The van der Waals surface area contributed by atoms with Gasteiger partial charge in [-0.25, -0.2) is 0 Å². The van der Waals surface area contributed by atoms with Crippen molar-refractivity contribution in [1.82, 2.24) is 19.7 Å². The molecule has 0 radical (unpaired) electrons. The molecule has 0 saturated carbocycles. The fraction of sp³-hybridized carbons (Fsp3) is 0.522. The maximum absolute atomic E-state index is 10.3. The molecule has 28 heavy (non-hydrogen) atoms. The van der Waals surface area contributed by atoms with Crippen LogP contribution < -0.4 is 0 Å². The number of nitrogens with zero attached hydrogens (tertiary/aromatic N) is 4. The van der Waals surface area contributed by atoms with Gasteiger partial charge in [0.1, 0.15) is 0 Å². The minimum atomic E-state index is -0.164. The van der Waals surface area contributed by atoms with E-state index in [1.807, 2.05) is 18.5 Å². The molecule has 3 aliphatic rings. The summed E-state index contributed by atoms with van der Waals surface area (Å²) in [5, 5.41) is 10.3. The van der Waals surface area contributed by atoms with Crippen LogP contribution in [0.1, 0.15) is 17.5 Å². The molecule has 2 unspecified atom stereocenters. The maximum Gasteiger partial charge on any atom is 0.0682 e. The summed E-state index contributed by atoms with van der Waals surface area (Å²) in [7, 11) is 0. The van der Waals surface area contributed by atoms with Crippen LogP contribution in [0, 0.1) is 0 Å². The molecule has 3 saturated heterocycles. The summed E-state index contributed by atoms with van der Waals surface area (Å²) < 4.78 is 0. The lowest BCUT2D eigenvalue weighted by molar-refractivity contribution is -0.116. The highest BCUT2D eigenvalue weighted by atomic mass is 16.3. The van der Waals surface area contributed by atoms with Gasteiger partial charge in [-0.1, -0.05) is 36.4 Å². The monoisotopic (exact) mass is 378 g/mol. The molecule has 0 amide bonds. The predicted octanol–water partition coefficient (Wildman–Crippen LogP) is 1.63. The van der Waals surface area contributed by atoms with Crippen LogP contribution in [0.5, 0.6) is 0 Å². The van der Waals surface area contributed by atoms with Gasteiger partial charge < -0.3 is 5.11 Å². The van der Waals surface area contributed by atoms with Crippen LogP contribution in [-0.4, -0.2) is 81.7 Å². The first-order valence-electron chi connectivity index (χ1n) is 10.5. The number of hydrogen-bond acceptors (Lipinski definition) is 5. The summed E-state index contributed by atoms with van der Waals surface area (Å²) >= 11 is 0. The molecule has 0 aliphatic carbocycles. The lowest BCUT2D eigenvalue weighted by Gasteiger charge is -2.61. The molecule has 5 rings (SSSR count). The number of pyridine rings is 1. The van der Waals surface area contributed by atoms with E-state index in [9.17, 15) is 5.11 Å². The number of piperazine rings is 1. The molecule has 2 atom stereocenters. The summed E-state index contributed by atoms with van der Waals surface area (Å²) in [4.78, 5) is 12.1. The van der Waals surface area contributed by atoms with Crippen LogP contribution in [0.4, 0.5) is 0 Å². The molecule has 2 aromatic rings. The Morgan fingerprint density at radius 1 is 0.964 bits per heavy atom. The average Bonchev–Trinajstić information content (AvgIpc) is 3.07. The number of hydrogen-bond donors (Lipinski definition) is 1. The van der Waals surface area contributed by atoms with Crippen molar-refractivity contribution in [2.75, 3.05) is 39.3 Å². The number of likely N-dealkylation sites (tertiary alicyclic amines) is 1. The Balaban J connectivity index is 1.25. The van der Waals surface area contributed by atoms with Gasteiger partial charge in [-0.2, -0.15) is 0 Å². The van der Waals surface area contributed by atoms with Gasteiger partial charge in [0.25, 0.3) is 0 Å². The van der Waals surface area contributed by atoms with Crippen molar-refractivity contribution >= 4 is 0 Å². The van der Waals surface area contributed by atoms with Crippen molar-refractivity contribution < 1.29 is 5.11 Å². The Morgan fingerprint density at radius 3 is 2.54 bits per heavy atom. The summed E-state index contributed by atoms with van der Waals surface area (Å²) in [6, 6.07) is 15.5. The van der Waals surface area contributed by atoms with Gasteiger partial charge in [0.15, 0.2) is 0 Å². The van der Waals surface area contributed by atoms with Crippen LogP contribution in [0.25, 0.3) is 0 Å². The fourth-order valence-corrected chi connectivity index (χ4v) is 5.55. The highest BCUT2D eigenvalue weighted by Crippen LogP contribution is 2.39. The van der Waals surface area contributed by atoms with Crippen molar-refractivity contribution in [3.63, 3.8) is 0 Å². The third-order valence-corrected chi connectivity index (χ3v) is 6.71. The molecule has 5 nitrogen and oxygen atoms in total. The summed E-state index contributed by atoms with van der Waals surface area (Å²) in [6.45, 7) is 7.31. The average molecular weight is 379 g/mol. The Bertz CT molecular complexity index is 778. The van der Waals surface area contributed by atoms with Crippen LogP contribution >= 0.6 is 0 Å². The van der Waals surface area contributed by atoms with E-state index in [1.54, 1.807) is 0 Å². The van der Waals surface area contributed by atoms with E-state index in [2.05, 4.69) is 56.1 Å². The number of rotatable bonds is 5. The molecular weight excluding hydrogens is 348 g/mol. The van der Waals surface area contributed by atoms with Crippen LogP contribution in [-0.2, 0) is 13.0 Å². The Hall–Kier alpha value is -1.79. The number of β-amino-alcohol motifs (C(OH)–C–C–N with tert-alkyl or cyclic N) is 1. The first-order valence-corrected chi connectivity index (χ1v) is 10.5. The molecular formula is C23H30N4O. The zero-order valence-electron chi connectivity index (χ0n) is 16.5. The number of fused-ring (bicyclic) bond motifs is 2. The van der Waals surface area contributed by atoms with Crippen molar-refractivity contribution in [3.8, 4) is 0 Å². The van der Waals surface area contributed by atoms with E-state index >= 15 is 0 Å². The lowest BCUT2D eigenvalue weighted by atomic mass is 9.83. The van der Waals surface area contributed by atoms with E-state index in [0.29, 0.717) is 6.04 Å². The summed E-state index contributed by atoms with van der Waals surface area (Å²) in [6.07, 6.45) is 5.67. The van der Waals surface area contributed by atoms with E-state index in [0.717, 1.165) is 58.7 Å². The Kier molecular flexibility index (Phi) is 4.93. The standard InChI is InChI=1S/C23H30N4O/c28-22-11-21-14-25(10-8-19-5-2-1-3-6-19)16-23(27(21)15-22)17-26(18-23)13-20-7-4-9-24-12-20/h1-7,9,12,21-22,28H,8,10-11,13-18H2. The summed E-state index contributed by atoms with van der Waals surface area (Å²) in [5.74, 6) is 0. The third-order valence-electron chi connectivity index (χ3n) is 6.71. The smallest absolute Gasteiger partial charge is 0.0682 e. The van der Waals surface area contributed by atoms with Gasteiger partial charge in [-0.3, -0.25) is 19.7 Å². The molecule has 148 valence electrons. The van der Waals surface area contributed by atoms with E-state index in [-0.39, 0.29) is 11.6 Å². The Morgan fingerprint density at radius 2 is 1.75 bits per heavy atom. The van der Waals surface area contributed by atoms with Crippen molar-refractivity contribution in [3.05, 3.63) is 66.0 Å². The molecule has 1 N–H and O–H groups in total. The van der Waals surface area contributed by atoms with E-state index in [4.69, 9.17) is 0 Å². The largest absolute Gasteiger partial charge is 0.392 e. The van der Waals surface area contributed by atoms with Crippen molar-refractivity contribution in [2.45, 2.75) is 37.1 Å². The SMILES string of the molecule is OC1CC2CN(CCc3ccccc3)CC3(CN(Cc4cccnc4)C3)N2C1. The first kappa shape index (κ1) is 18.3. The van der Waals surface area contributed by atoms with Crippen LogP contribution in [0.3, 0.4) is 0 Å². The maximum atomic E-state index is 10.3. The molecule has 5 heteroatoms. The molecule has 3 aliphatic heterocycles. The second-order valence-electron chi connectivity index (χ2n) is 8.90. The van der Waals surface area contributed by atoms with Crippen LogP contribution in [0.2, 0.25) is 0 Å². The first-order chi connectivity index (χ1) is 13.7. The minimum Gasteiger partial charge on any atom is -0.392 e. The molecule has 1 aromatic carbocycles. The minimum absolute atomic E-state index is 0.164. The van der Waals surface area contributed by atoms with Gasteiger partial charge in [-0.15, -0.1) is 0 Å². The number of aliphatic hydroxyl groups excluding tert-OH is 1. The van der Waals surface area contributed by atoms with Gasteiger partial charge in [0.2, 0.25) is 0 Å². The van der Waals surface area contributed by atoms with Crippen molar-refractivity contribution in [1.29, 1.82) is 0 Å². The topological polar surface area (TPSA) is 42.8 Å². The van der Waals surface area contributed by atoms with Crippen molar-refractivity contribution in [2.24, 2.45) is 0 Å². The molecule has 4 heterocycles. The second-order valence-corrected chi connectivity index (χ2v) is 8.90. The second kappa shape index (κ2) is 7.56. The number of benzene rings is 1. The lowest BCUT2D eigenvalue weighted by Crippen LogP contribution is -2.77. The zero-order valence-corrected chi connectivity index (χ0v) is 16.5. The number of aromatic nitrogens is 1. The highest BCUT2D eigenvalue weighted by Gasteiger charge is 2.55. The van der Waals surface area contributed by atoms with Gasteiger partial charge in [0, 0.05) is 64.2 Å². The fourth-order valence-electron chi connectivity index (χ4n) is 5.55. The predicted molar refractivity (Wildman–Crippen MR) is 110 cm³/mol. The van der Waals surface area contributed by atoms with E-state index in [1.165, 1.54) is 11.1 Å². The number of aliphatic hydroxyl groups is 1. The van der Waals surface area contributed by atoms with Gasteiger partial charge in [-0.05, 0) is 30.0 Å². The zero-order chi connectivity index (χ0) is 19.0. The summed E-state index contributed by atoms with van der Waals surface area (Å²) in [5.41, 5.74) is 2.91. The molecule has 1 aromatic heterocycles. The van der Waals surface area contributed by atoms with Gasteiger partial charge in [0.05, 0.1) is 11.6 Å². The van der Waals surface area contributed by atoms with E-state index < -0.39 is 0 Å². The van der Waals surface area contributed by atoms with Gasteiger partial charge >= 0.3 is 0 Å². The molecule has 0 bridgehead atoms.